The molecule has 0 aliphatic rings. The van der Waals surface area contributed by atoms with Gasteiger partial charge in [0.25, 0.3) is 0 Å². The monoisotopic (exact) mass is 1350 g/mol. The fraction of sp³-hybridized carbons (Fsp3) is 0.471. The fourth-order valence-electron chi connectivity index (χ4n) is 13.8. The molecule has 7 rings (SSSR count). The highest BCUT2D eigenvalue weighted by molar-refractivity contribution is 5.63. The predicted octanol–water partition coefficient (Wildman–Crippen LogP) is 26.2. The highest BCUT2D eigenvalue weighted by Crippen LogP contribution is 2.28. The first-order valence-corrected chi connectivity index (χ1v) is 41.1. The van der Waals surface area contributed by atoms with E-state index in [4.69, 9.17) is 0 Å². The normalized spacial score (nSPS) is 10.7. The van der Waals surface area contributed by atoms with Gasteiger partial charge in [-0.05, 0) is 280 Å². The minimum absolute atomic E-state index is 0.900. The van der Waals surface area contributed by atoms with Gasteiger partial charge in [0.2, 0.25) is 0 Å². The van der Waals surface area contributed by atoms with Gasteiger partial charge in [-0.15, -0.1) is 0 Å². The Kier molecular flexibility index (Phi) is 37.0. The molecule has 0 radical (unpaired) electrons. The second kappa shape index (κ2) is 46.5. The molecule has 7 aromatic carbocycles. The molecule has 0 spiro atoms. The minimum atomic E-state index is 0.900. The lowest BCUT2D eigenvalue weighted by Gasteiger charge is -2.13. The number of rotatable bonds is 36. The van der Waals surface area contributed by atoms with Crippen molar-refractivity contribution >= 4 is 0 Å². The average Bonchev–Trinajstić information content (AvgIpc) is 0.828. The summed E-state index contributed by atoms with van der Waals surface area (Å²) in [6, 6.07) is 41.7. The molecule has 0 atom stereocenters. The van der Waals surface area contributed by atoms with Crippen LogP contribution in [-0.2, 0) is 77.0 Å². The molecular formula is C102H126. The van der Waals surface area contributed by atoms with Crippen LogP contribution in [0.2, 0.25) is 0 Å². The number of benzene rings is 7. The Labute approximate surface area is 624 Å². The molecular weight excluding hydrogens is 1230 g/mol. The average molecular weight is 1350 g/mol. The van der Waals surface area contributed by atoms with E-state index in [9.17, 15) is 0 Å². The second-order valence-corrected chi connectivity index (χ2v) is 28.8. The van der Waals surface area contributed by atoms with Crippen LogP contribution in [0.5, 0.6) is 0 Å². The van der Waals surface area contributed by atoms with E-state index in [1.54, 1.807) is 0 Å². The van der Waals surface area contributed by atoms with Gasteiger partial charge in [0.05, 0.1) is 0 Å². The summed E-state index contributed by atoms with van der Waals surface area (Å²) in [5, 5.41) is 0. The third-order valence-electron chi connectivity index (χ3n) is 20.5. The molecule has 0 bridgehead atoms. The van der Waals surface area contributed by atoms with Gasteiger partial charge >= 0.3 is 0 Å². The quantitative estimate of drug-likeness (QED) is 0.0271. The third kappa shape index (κ3) is 26.3. The Morgan fingerprint density at radius 2 is 0.343 bits per heavy atom. The van der Waals surface area contributed by atoms with E-state index in [1.165, 1.54) is 144 Å². The van der Waals surface area contributed by atoms with E-state index >= 15 is 0 Å². The van der Waals surface area contributed by atoms with Gasteiger partial charge in [0, 0.05) is 66.8 Å². The van der Waals surface area contributed by atoms with Gasteiger partial charge in [-0.1, -0.05) is 281 Å². The van der Waals surface area contributed by atoms with Crippen LogP contribution in [-0.4, -0.2) is 0 Å². The summed E-state index contributed by atoms with van der Waals surface area (Å²) in [5.41, 5.74) is 29.2. The zero-order valence-electron chi connectivity index (χ0n) is 65.8. The van der Waals surface area contributed by atoms with E-state index in [-0.39, 0.29) is 0 Å². The molecule has 0 aromatic heterocycles. The van der Waals surface area contributed by atoms with E-state index in [0.717, 1.165) is 221 Å². The lowest BCUT2D eigenvalue weighted by molar-refractivity contribution is 0.607. The molecule has 0 N–H and O–H groups in total. The maximum atomic E-state index is 3.87. The maximum Gasteiger partial charge on any atom is 0.0284 e. The number of aryl methyl sites for hydroxylation is 12. The van der Waals surface area contributed by atoms with E-state index in [2.05, 4.69) is 263 Å². The smallest absolute Gasteiger partial charge is 0.0284 e. The second-order valence-electron chi connectivity index (χ2n) is 28.8. The van der Waals surface area contributed by atoms with Gasteiger partial charge in [-0.3, -0.25) is 0 Å². The number of unbranched alkanes of at least 4 members (excludes halogenated alkanes) is 16. The summed E-state index contributed by atoms with van der Waals surface area (Å²) in [7, 11) is 0. The van der Waals surface area contributed by atoms with Gasteiger partial charge in [0.1, 0.15) is 0 Å². The van der Waals surface area contributed by atoms with Crippen LogP contribution < -0.4 is 0 Å². The topological polar surface area (TPSA) is 0 Å². The van der Waals surface area contributed by atoms with Crippen LogP contribution in [0, 0.1) is 71.0 Å². The van der Waals surface area contributed by atoms with Crippen molar-refractivity contribution in [1.82, 2.24) is 0 Å². The zero-order chi connectivity index (χ0) is 72.5. The van der Waals surface area contributed by atoms with E-state index < -0.39 is 0 Å². The number of hydrogen-bond donors (Lipinski definition) is 0. The Hall–Kier alpha value is -8.10. The molecule has 0 heteroatoms. The van der Waals surface area contributed by atoms with E-state index in [0.29, 0.717) is 0 Å². The summed E-state index contributed by atoms with van der Waals surface area (Å²) in [5.74, 6) is 44.8. The highest BCUT2D eigenvalue weighted by atomic mass is 14.2. The summed E-state index contributed by atoms with van der Waals surface area (Å²) >= 11 is 0. The van der Waals surface area contributed by atoms with Crippen LogP contribution in [0.1, 0.15) is 371 Å². The fourth-order valence-corrected chi connectivity index (χ4v) is 13.8. The number of hydrogen-bond acceptors (Lipinski definition) is 0. The third-order valence-corrected chi connectivity index (χ3v) is 20.5. The first kappa shape index (κ1) is 81.2. The molecule has 0 saturated carbocycles. The Morgan fingerprint density at radius 3 is 0.549 bits per heavy atom. The molecule has 0 unspecified atom stereocenters. The first-order valence-electron chi connectivity index (χ1n) is 41.1. The molecule has 0 aliphatic carbocycles. The molecule has 0 fully saturated rings. The van der Waals surface area contributed by atoms with E-state index in [1.807, 2.05) is 0 Å². The summed E-state index contributed by atoms with van der Waals surface area (Å²) in [6.07, 6.45) is 41.0. The van der Waals surface area contributed by atoms with Crippen molar-refractivity contribution in [3.8, 4) is 71.0 Å². The first-order chi connectivity index (χ1) is 50.0. The van der Waals surface area contributed by atoms with Crippen molar-refractivity contribution in [1.29, 1.82) is 0 Å². The van der Waals surface area contributed by atoms with Gasteiger partial charge in [0.15, 0.2) is 0 Å². The highest BCUT2D eigenvalue weighted by Gasteiger charge is 2.15. The van der Waals surface area contributed by atoms with Crippen molar-refractivity contribution in [2.75, 3.05) is 0 Å². The zero-order valence-corrected chi connectivity index (χ0v) is 65.8. The van der Waals surface area contributed by atoms with Gasteiger partial charge in [-0.2, -0.15) is 0 Å². The van der Waals surface area contributed by atoms with Crippen LogP contribution in [0.3, 0.4) is 0 Å². The minimum Gasteiger partial charge on any atom is -0.0654 e. The van der Waals surface area contributed by atoms with Gasteiger partial charge < -0.3 is 0 Å². The Bertz CT molecular complexity index is 3880. The maximum absolute atomic E-state index is 3.87. The largest absolute Gasteiger partial charge is 0.0654 e. The molecule has 0 aliphatic heterocycles. The molecule has 0 amide bonds. The van der Waals surface area contributed by atoms with Crippen LogP contribution in [0.25, 0.3) is 0 Å². The molecule has 534 valence electrons. The molecule has 102 heavy (non-hydrogen) atoms. The van der Waals surface area contributed by atoms with Crippen LogP contribution >= 0.6 is 0 Å². The molecule has 7 aromatic rings. The SMILES string of the molecule is CCCCCCCCc1ccc(C#Cc2cc(CC)c(C#Cc3cc(CCCC)c(C#Cc4cc(CCCC)c(C#Cc5cc(CCCC)c(C#Cc6cc(CC)c(C#Cc7ccc(CCCCCCCC)cc7)cc6CC)cc5CCCC)cc4CCCC)cc3CCCC)cc2CC)cc1. The standard InChI is InChI=1S/C102H126/c1-13-25-33-35-37-39-41-79-49-53-81(54-50-79)57-59-93-69-85(23-11)95(71-83(93)21-9)61-63-97-73-89(45-29-17-5)99(75-87(97)43-27-15-3)65-67-101-77-92(48-32-20-8)102(78-91(101)47-31-19-7)68-66-100-76-88(44-28-16-4)98(74-90(100)46-30-18-6)64-62-96-72-84(22-10)94(70-86(96)24-12)60-58-82-55-51-80(52-56-82)42-40-38-36-34-26-14-2/h49-56,69-78H,13-48H2,1-12H3. The summed E-state index contributed by atoms with van der Waals surface area (Å²) < 4.78 is 0. The van der Waals surface area contributed by atoms with Crippen LogP contribution in [0.15, 0.2) is 109 Å². The van der Waals surface area contributed by atoms with Gasteiger partial charge in [-0.25, -0.2) is 0 Å². The lowest BCUT2D eigenvalue weighted by atomic mass is 9.90. The van der Waals surface area contributed by atoms with Crippen molar-refractivity contribution in [3.63, 3.8) is 0 Å². The summed E-state index contributed by atoms with van der Waals surface area (Å²) in [4.78, 5) is 0. The van der Waals surface area contributed by atoms with Crippen molar-refractivity contribution in [2.45, 2.75) is 314 Å². The molecule has 0 heterocycles. The van der Waals surface area contributed by atoms with Crippen LogP contribution in [0.4, 0.5) is 0 Å². The Morgan fingerprint density at radius 1 is 0.167 bits per heavy atom. The van der Waals surface area contributed by atoms with Crippen molar-refractivity contribution in [3.05, 3.63) is 243 Å². The summed E-state index contributed by atoms with van der Waals surface area (Å²) in [6.45, 7) is 27.3. The molecule has 0 saturated heterocycles. The molecule has 0 nitrogen and oxygen atoms in total. The van der Waals surface area contributed by atoms with Crippen molar-refractivity contribution < 1.29 is 0 Å². The van der Waals surface area contributed by atoms with Crippen molar-refractivity contribution in [2.24, 2.45) is 0 Å². The lowest BCUT2D eigenvalue weighted by Crippen LogP contribution is -2.01. The Balaban J connectivity index is 1.21. The predicted molar refractivity (Wildman–Crippen MR) is 444 cm³/mol.